The molecule has 112 valence electrons. The molecule has 6 heteroatoms. The lowest BCUT2D eigenvalue weighted by Crippen LogP contribution is -2.53. The molecule has 1 aromatic heterocycles. The predicted octanol–water partition coefficient (Wildman–Crippen LogP) is 2.02. The molecule has 1 aliphatic rings. The van der Waals surface area contributed by atoms with Crippen molar-refractivity contribution in [2.24, 2.45) is 7.05 Å². The predicted molar refractivity (Wildman–Crippen MR) is 77.8 cm³/mol. The van der Waals surface area contributed by atoms with E-state index in [0.29, 0.717) is 19.7 Å². The third-order valence-electron chi connectivity index (χ3n) is 3.90. The van der Waals surface area contributed by atoms with Gasteiger partial charge in [-0.05, 0) is 19.8 Å². The number of anilines is 1. The fraction of sp³-hybridized carbons (Fsp3) is 0.714. The molecule has 2 amide bonds. The number of amides is 2. The molecule has 1 fully saturated rings. The number of aromatic nitrogens is 2. The van der Waals surface area contributed by atoms with E-state index in [0.717, 1.165) is 24.4 Å². The Hall–Kier alpha value is -1.56. The van der Waals surface area contributed by atoms with Gasteiger partial charge >= 0.3 is 6.03 Å². The molecule has 20 heavy (non-hydrogen) atoms. The number of urea groups is 1. The molecule has 0 aliphatic carbocycles. The fourth-order valence-electron chi connectivity index (χ4n) is 2.32. The van der Waals surface area contributed by atoms with Crippen LogP contribution in [0.25, 0.3) is 0 Å². The molecule has 0 saturated carbocycles. The summed E-state index contributed by atoms with van der Waals surface area (Å²) in [5.41, 5.74) is 0.736. The van der Waals surface area contributed by atoms with Crippen molar-refractivity contribution in [3.63, 3.8) is 0 Å². The molecule has 0 aromatic carbocycles. The highest BCUT2D eigenvalue weighted by Crippen LogP contribution is 2.21. The molecule has 0 spiro atoms. The number of hydrogen-bond donors (Lipinski definition) is 1. The lowest BCUT2D eigenvalue weighted by Gasteiger charge is -2.39. The molecule has 2 rings (SSSR count). The van der Waals surface area contributed by atoms with Gasteiger partial charge < -0.3 is 9.64 Å². The van der Waals surface area contributed by atoms with Crippen LogP contribution in [-0.4, -0.2) is 46.0 Å². The number of hydrogen-bond acceptors (Lipinski definition) is 3. The molecule has 2 heterocycles. The Morgan fingerprint density at radius 1 is 1.55 bits per heavy atom. The number of ether oxygens (including phenoxy) is 1. The van der Waals surface area contributed by atoms with Gasteiger partial charge in [-0.25, -0.2) is 4.79 Å². The number of aryl methyl sites for hydroxylation is 2. The van der Waals surface area contributed by atoms with Crippen molar-refractivity contribution in [1.82, 2.24) is 14.7 Å². The van der Waals surface area contributed by atoms with E-state index in [1.54, 1.807) is 4.68 Å². The van der Waals surface area contributed by atoms with Gasteiger partial charge in [0, 0.05) is 19.7 Å². The Labute approximate surface area is 120 Å². The van der Waals surface area contributed by atoms with E-state index in [9.17, 15) is 4.79 Å². The third kappa shape index (κ3) is 3.12. The van der Waals surface area contributed by atoms with E-state index in [1.807, 2.05) is 31.9 Å². The van der Waals surface area contributed by atoms with E-state index >= 15 is 0 Å². The van der Waals surface area contributed by atoms with Crippen LogP contribution in [0, 0.1) is 0 Å². The standard InChI is InChI=1S/C14H24N4O2/c1-5-11-9-12(17(4)16-11)15-13(19)18-7-8-20-14(3,6-2)10-18/h9H,5-8,10H2,1-4H3,(H,15,19). The highest BCUT2D eigenvalue weighted by Gasteiger charge is 2.32. The van der Waals surface area contributed by atoms with Gasteiger partial charge in [0.1, 0.15) is 5.82 Å². The van der Waals surface area contributed by atoms with Crippen LogP contribution in [0.4, 0.5) is 10.6 Å². The normalized spacial score (nSPS) is 22.9. The summed E-state index contributed by atoms with van der Waals surface area (Å²) in [7, 11) is 1.84. The minimum Gasteiger partial charge on any atom is -0.372 e. The van der Waals surface area contributed by atoms with E-state index in [2.05, 4.69) is 17.3 Å². The second-order valence-electron chi connectivity index (χ2n) is 5.50. The summed E-state index contributed by atoms with van der Waals surface area (Å²) < 4.78 is 7.46. The zero-order valence-electron chi connectivity index (χ0n) is 12.8. The van der Waals surface area contributed by atoms with E-state index in [-0.39, 0.29) is 11.6 Å². The van der Waals surface area contributed by atoms with Gasteiger partial charge in [-0.1, -0.05) is 13.8 Å². The number of rotatable bonds is 3. The Morgan fingerprint density at radius 3 is 2.90 bits per heavy atom. The highest BCUT2D eigenvalue weighted by atomic mass is 16.5. The summed E-state index contributed by atoms with van der Waals surface area (Å²) in [5, 5.41) is 7.26. The summed E-state index contributed by atoms with van der Waals surface area (Å²) in [6.45, 7) is 8.00. The van der Waals surface area contributed by atoms with Gasteiger partial charge in [-0.2, -0.15) is 5.10 Å². The highest BCUT2D eigenvalue weighted by molar-refractivity contribution is 5.88. The zero-order valence-corrected chi connectivity index (χ0v) is 12.8. The third-order valence-corrected chi connectivity index (χ3v) is 3.90. The first-order chi connectivity index (χ1) is 9.47. The SMILES string of the molecule is CCc1cc(NC(=O)N2CCOC(C)(CC)C2)n(C)n1. The number of nitrogens with one attached hydrogen (secondary N) is 1. The van der Waals surface area contributed by atoms with Crippen LogP contribution >= 0.6 is 0 Å². The summed E-state index contributed by atoms with van der Waals surface area (Å²) >= 11 is 0. The van der Waals surface area contributed by atoms with Crippen molar-refractivity contribution < 1.29 is 9.53 Å². The van der Waals surface area contributed by atoms with Crippen LogP contribution in [0.15, 0.2) is 6.07 Å². The molecule has 0 radical (unpaired) electrons. The Balaban J connectivity index is 2.02. The molecule has 1 unspecified atom stereocenters. The molecule has 6 nitrogen and oxygen atoms in total. The zero-order chi connectivity index (χ0) is 14.8. The van der Waals surface area contributed by atoms with Crippen molar-refractivity contribution in [1.29, 1.82) is 0 Å². The molecule has 1 N–H and O–H groups in total. The summed E-state index contributed by atoms with van der Waals surface area (Å²) in [6.07, 6.45) is 1.75. The molecule has 1 saturated heterocycles. The molecular formula is C14H24N4O2. The first kappa shape index (κ1) is 14.8. The molecule has 0 bridgehead atoms. The topological polar surface area (TPSA) is 59.4 Å². The molecule has 1 aromatic rings. The monoisotopic (exact) mass is 280 g/mol. The van der Waals surface area contributed by atoms with Crippen molar-refractivity contribution in [3.8, 4) is 0 Å². The first-order valence-electron chi connectivity index (χ1n) is 7.20. The first-order valence-corrected chi connectivity index (χ1v) is 7.20. The fourth-order valence-corrected chi connectivity index (χ4v) is 2.32. The van der Waals surface area contributed by atoms with Crippen LogP contribution in [-0.2, 0) is 18.2 Å². The van der Waals surface area contributed by atoms with Crippen LogP contribution in [0.5, 0.6) is 0 Å². The van der Waals surface area contributed by atoms with Crippen LogP contribution in [0.1, 0.15) is 32.9 Å². The lowest BCUT2D eigenvalue weighted by atomic mass is 10.0. The van der Waals surface area contributed by atoms with Gasteiger partial charge in [-0.3, -0.25) is 10.00 Å². The molecule has 1 aliphatic heterocycles. The number of carbonyl (C=O) groups is 1. The maximum atomic E-state index is 12.3. The average Bonchev–Trinajstić information content (AvgIpc) is 2.79. The van der Waals surface area contributed by atoms with E-state index in [1.165, 1.54) is 0 Å². The number of nitrogens with zero attached hydrogens (tertiary/aromatic N) is 3. The Morgan fingerprint density at radius 2 is 2.30 bits per heavy atom. The summed E-state index contributed by atoms with van der Waals surface area (Å²) in [6, 6.07) is 1.83. The van der Waals surface area contributed by atoms with Crippen molar-refractivity contribution in [3.05, 3.63) is 11.8 Å². The maximum Gasteiger partial charge on any atom is 0.323 e. The van der Waals surface area contributed by atoms with Gasteiger partial charge in [0.25, 0.3) is 0 Å². The second-order valence-corrected chi connectivity index (χ2v) is 5.50. The van der Waals surface area contributed by atoms with Crippen LogP contribution < -0.4 is 5.32 Å². The number of carbonyl (C=O) groups excluding carboxylic acids is 1. The largest absolute Gasteiger partial charge is 0.372 e. The molecule has 1 atom stereocenters. The second kappa shape index (κ2) is 5.83. The maximum absolute atomic E-state index is 12.3. The summed E-state index contributed by atoms with van der Waals surface area (Å²) in [5.74, 6) is 0.733. The van der Waals surface area contributed by atoms with Crippen molar-refractivity contribution >= 4 is 11.8 Å². The summed E-state index contributed by atoms with van der Waals surface area (Å²) in [4.78, 5) is 14.2. The van der Waals surface area contributed by atoms with Gasteiger partial charge in [0.2, 0.25) is 0 Å². The lowest BCUT2D eigenvalue weighted by molar-refractivity contribution is -0.0860. The van der Waals surface area contributed by atoms with Gasteiger partial charge in [-0.15, -0.1) is 0 Å². The minimum absolute atomic E-state index is 0.0846. The minimum atomic E-state index is -0.239. The van der Waals surface area contributed by atoms with Crippen molar-refractivity contribution in [2.75, 3.05) is 25.0 Å². The smallest absolute Gasteiger partial charge is 0.323 e. The number of morpholine rings is 1. The average molecular weight is 280 g/mol. The Kier molecular flexibility index (Phi) is 4.32. The van der Waals surface area contributed by atoms with E-state index in [4.69, 9.17) is 4.74 Å². The quantitative estimate of drug-likeness (QED) is 0.921. The molecular weight excluding hydrogens is 256 g/mol. The Bertz CT molecular complexity index is 486. The van der Waals surface area contributed by atoms with Crippen LogP contribution in [0.3, 0.4) is 0 Å². The van der Waals surface area contributed by atoms with Gasteiger partial charge in [0.15, 0.2) is 0 Å². The van der Waals surface area contributed by atoms with Crippen LogP contribution in [0.2, 0.25) is 0 Å². The van der Waals surface area contributed by atoms with Gasteiger partial charge in [0.05, 0.1) is 24.4 Å². The van der Waals surface area contributed by atoms with Crippen molar-refractivity contribution in [2.45, 2.75) is 39.2 Å². The van der Waals surface area contributed by atoms with E-state index < -0.39 is 0 Å².